The van der Waals surface area contributed by atoms with Crippen molar-refractivity contribution in [1.29, 1.82) is 0 Å². The Kier molecular flexibility index (Phi) is 17.7. The normalized spacial score (nSPS) is 20.7. The number of aromatic nitrogens is 4. The van der Waals surface area contributed by atoms with E-state index in [-0.39, 0.29) is 66.6 Å². The molecule has 2 unspecified atom stereocenters. The number of phosphoric acid groups is 3. The number of ether oxygens (including phenoxy) is 3. The van der Waals surface area contributed by atoms with Crippen LogP contribution in [-0.2, 0) is 48.2 Å². The summed E-state index contributed by atoms with van der Waals surface area (Å²) in [6.45, 7) is 17.6. The predicted molar refractivity (Wildman–Crippen MR) is 314 cm³/mol. The molecule has 2 aromatic heterocycles. The molecular formula is C55H71N10O18P3+2. The minimum absolute atomic E-state index is 0.00501. The Labute approximate surface area is 493 Å². The first-order valence-electron chi connectivity index (χ1n) is 27.5. The summed E-state index contributed by atoms with van der Waals surface area (Å²) in [5, 5.41) is 18.4. The topological polar surface area (TPSA) is 373 Å². The third kappa shape index (κ3) is 13.0. The average Bonchev–Trinajstić information content (AvgIpc) is 0.902. The lowest BCUT2D eigenvalue weighted by Gasteiger charge is -2.43. The Morgan fingerprint density at radius 2 is 1.60 bits per heavy atom. The van der Waals surface area contributed by atoms with Gasteiger partial charge in [-0.3, -0.25) is 28.5 Å². The second-order valence-electron chi connectivity index (χ2n) is 22.4. The van der Waals surface area contributed by atoms with Crippen LogP contribution in [0.2, 0.25) is 0 Å². The highest BCUT2D eigenvalue weighted by molar-refractivity contribution is 7.66. The molecule has 0 aliphatic carbocycles. The first kappa shape index (κ1) is 63.6. The number of carbonyl (C=O) groups is 3. The maximum Gasteiger partial charge on any atom is 0.490 e. The highest BCUT2D eigenvalue weighted by Crippen LogP contribution is 2.66. The lowest BCUT2D eigenvalue weighted by Crippen LogP contribution is -2.49. The molecule has 10 N–H and O–H groups in total. The number of allylic oxidation sites excluding steroid dienone is 2. The lowest BCUT2D eigenvalue weighted by atomic mass is 9.83. The number of aliphatic hydroxyl groups excluding tert-OH is 1. The number of anilines is 2. The van der Waals surface area contributed by atoms with E-state index in [0.29, 0.717) is 17.1 Å². The van der Waals surface area contributed by atoms with Crippen LogP contribution < -0.4 is 51.3 Å². The summed E-state index contributed by atoms with van der Waals surface area (Å²) in [6.07, 6.45) is -1.96. The zero-order valence-corrected chi connectivity index (χ0v) is 51.6. The van der Waals surface area contributed by atoms with Crippen LogP contribution in [0, 0.1) is 0 Å². The largest absolute Gasteiger partial charge is 0.490 e. The number of benzene rings is 3. The number of nitrogens with one attached hydrogen (secondary N) is 3. The van der Waals surface area contributed by atoms with Crippen molar-refractivity contribution >= 4 is 80.9 Å². The van der Waals surface area contributed by atoms with Gasteiger partial charge in [0.2, 0.25) is 23.0 Å². The number of amides is 3. The maximum absolute atomic E-state index is 14.7. The van der Waals surface area contributed by atoms with Crippen molar-refractivity contribution in [2.45, 2.75) is 104 Å². The van der Waals surface area contributed by atoms with Gasteiger partial charge in [0.1, 0.15) is 30.3 Å². The molecule has 0 spiro atoms. The summed E-state index contributed by atoms with van der Waals surface area (Å²) in [4.78, 5) is 102. The third-order valence-corrected chi connectivity index (χ3v) is 19.2. The molecule has 86 heavy (non-hydrogen) atoms. The van der Waals surface area contributed by atoms with E-state index in [9.17, 15) is 47.8 Å². The monoisotopic (exact) mass is 1250 g/mol. The van der Waals surface area contributed by atoms with Crippen LogP contribution in [0.5, 0.6) is 11.5 Å². The van der Waals surface area contributed by atoms with Gasteiger partial charge in [0.25, 0.3) is 17.4 Å². The van der Waals surface area contributed by atoms with Gasteiger partial charge in [-0.05, 0) is 88.9 Å². The fourth-order valence-electron chi connectivity index (χ4n) is 11.9. The van der Waals surface area contributed by atoms with Crippen molar-refractivity contribution in [1.82, 2.24) is 34.6 Å². The Hall–Kier alpha value is -6.90. The minimum atomic E-state index is -5.91. The van der Waals surface area contributed by atoms with Crippen LogP contribution in [0.4, 0.5) is 16.4 Å². The Balaban J connectivity index is 0.869. The van der Waals surface area contributed by atoms with E-state index in [1.165, 1.54) is 17.9 Å². The number of hydrogen-bond donors (Lipinski definition) is 9. The number of aryl methyl sites for hydroxylation is 1. The highest BCUT2D eigenvalue weighted by Gasteiger charge is 2.52. The van der Waals surface area contributed by atoms with E-state index >= 15 is 0 Å². The first-order valence-corrected chi connectivity index (χ1v) is 32.1. The van der Waals surface area contributed by atoms with Crippen molar-refractivity contribution in [3.63, 3.8) is 0 Å². The molecule has 0 bridgehead atoms. The second-order valence-corrected chi connectivity index (χ2v) is 26.8. The number of likely N-dealkylation sites (N-methyl/N-ethyl adjacent to an activating group) is 2. The average molecular weight is 1250 g/mol. The minimum Gasteiger partial charge on any atom is -0.456 e. The third-order valence-electron chi connectivity index (χ3n) is 15.4. The zero-order chi connectivity index (χ0) is 62.7. The van der Waals surface area contributed by atoms with Gasteiger partial charge in [-0.15, -0.1) is 0 Å². The number of alkyl carbamates (subject to hydrolysis) is 1. The molecule has 28 nitrogen and oxygen atoms in total. The number of fused-ring (bicyclic) bond motifs is 5. The molecule has 4 aliphatic rings. The summed E-state index contributed by atoms with van der Waals surface area (Å²) in [5.41, 5.74) is 12.8. The number of phosphoric ester groups is 1. The van der Waals surface area contributed by atoms with Crippen molar-refractivity contribution < 1.29 is 84.7 Å². The molecule has 4 aliphatic heterocycles. The highest BCUT2D eigenvalue weighted by atomic mass is 31.3. The number of H-pyrrole nitrogens is 1. The number of aliphatic hydroxyl groups is 1. The number of hydrogen-bond acceptors (Lipinski definition) is 17. The van der Waals surface area contributed by atoms with E-state index in [4.69, 9.17) is 29.7 Å². The zero-order valence-electron chi connectivity index (χ0n) is 49.0. The summed E-state index contributed by atoms with van der Waals surface area (Å²) in [5.74, 6) is 0.375. The molecular weight excluding hydrogens is 1180 g/mol. The molecule has 3 aromatic carbocycles. The second kappa shape index (κ2) is 24.0. The summed E-state index contributed by atoms with van der Waals surface area (Å²) < 4.78 is 71.0. The molecule has 1 saturated heterocycles. The van der Waals surface area contributed by atoms with Gasteiger partial charge < -0.3 is 65.1 Å². The van der Waals surface area contributed by atoms with Gasteiger partial charge in [0, 0.05) is 98.3 Å². The van der Waals surface area contributed by atoms with Gasteiger partial charge in [-0.2, -0.15) is 8.62 Å². The standard InChI is InChI=1S/C55H69N10O18P3/c1-11-64-38-24-40-36(22-34(38)30(3)26-54(64,5)6)44(37-23-35-31(4)27-55(7,8)65(12-2)39(35)25-41(37)79-40)32-16-13-14-17-33(32)50(69)61(9)21-15-18-43(66)57-19-20-58-53(70)81-47-46(67)42(28-78-85(74,75)83-86(76,77)82-84(71,72)73)80-51(47)63-29-62(10)45-48(63)59-52(56)60-49(45)68/h13-14,16-17,22-27,29,42,46-47,51,67H,11-12,15,18-21,28H2,1-10H3,(H7-2,56,57,58,59,60,66,68,70,71,72,73,74,75,76,77)/p+2/t42-,46-,47-,51-/m1/s1. The molecule has 9 rings (SSSR count). The number of carbonyl (C=O) groups excluding carboxylic acids is 3. The Bertz CT molecular complexity index is 4010. The van der Waals surface area contributed by atoms with Gasteiger partial charge in [0.05, 0.1) is 25.3 Å². The molecule has 1 fully saturated rings. The Morgan fingerprint density at radius 3 is 2.30 bits per heavy atom. The molecule has 0 radical (unpaired) electrons. The van der Waals surface area contributed by atoms with Crippen LogP contribution >= 0.6 is 23.5 Å². The van der Waals surface area contributed by atoms with E-state index < -0.39 is 72.2 Å². The summed E-state index contributed by atoms with van der Waals surface area (Å²) in [6, 6.07) is 16.2. The van der Waals surface area contributed by atoms with Gasteiger partial charge in [-0.1, -0.05) is 29.3 Å². The van der Waals surface area contributed by atoms with Gasteiger partial charge >= 0.3 is 35.2 Å². The van der Waals surface area contributed by atoms with E-state index in [0.717, 1.165) is 72.9 Å². The van der Waals surface area contributed by atoms with Gasteiger partial charge in [0.15, 0.2) is 18.0 Å². The summed E-state index contributed by atoms with van der Waals surface area (Å²) in [7, 11) is -14.2. The van der Waals surface area contributed by atoms with Crippen molar-refractivity contribution in [2.24, 2.45) is 7.05 Å². The van der Waals surface area contributed by atoms with Crippen LogP contribution in [0.1, 0.15) is 107 Å². The predicted octanol–water partition coefficient (Wildman–Crippen LogP) is 3.58. The first-order chi connectivity index (χ1) is 40.2. The molecule has 5 aromatic rings. The van der Waals surface area contributed by atoms with E-state index in [1.54, 1.807) is 11.9 Å². The number of rotatable bonds is 20. The molecule has 0 saturated carbocycles. The number of nitrogen functional groups attached to an aromatic ring is 1. The molecule has 462 valence electrons. The fourth-order valence-corrected chi connectivity index (χ4v) is 14.9. The Morgan fingerprint density at radius 1 is 0.907 bits per heavy atom. The maximum atomic E-state index is 14.7. The van der Waals surface area contributed by atoms with Crippen LogP contribution in [-0.4, -0.2) is 138 Å². The SMILES string of the molecule is CCN1c2cc3c(cc2C(C)=CC1(C)C)C(c1ccccc1C(=O)N(C)CCCC(=O)NCCNC(=O)O[C@@H]1[C@H](O)[C@@H](COP(=O)(O)OP(=O)(O)OP(=O)(O)O)O[C@H]1[n+]1cn(C)c2c(=O)[nH]c(N)nc21)=c1cc2c(cc1O3)=[N+](CC)C(C)(C)C=C2C. The van der Waals surface area contributed by atoms with Crippen molar-refractivity contribution in [3.05, 3.63) is 116 Å². The smallest absolute Gasteiger partial charge is 0.456 e. The van der Waals surface area contributed by atoms with Crippen molar-refractivity contribution in [2.75, 3.05) is 57.0 Å². The molecule has 31 heteroatoms. The quantitative estimate of drug-likeness (QED) is 0.0300. The van der Waals surface area contributed by atoms with Crippen LogP contribution in [0.25, 0.3) is 27.9 Å². The van der Waals surface area contributed by atoms with Crippen LogP contribution in [0.15, 0.2) is 71.8 Å². The summed E-state index contributed by atoms with van der Waals surface area (Å²) >= 11 is 0. The fraction of sp³-hybridized carbons (Fsp3) is 0.436. The molecule has 6 atom stereocenters. The van der Waals surface area contributed by atoms with Gasteiger partial charge in [-0.25, -0.2) is 27.6 Å². The van der Waals surface area contributed by atoms with Crippen LogP contribution in [0.3, 0.4) is 0 Å². The number of nitrogens with zero attached hydrogens (tertiary/aromatic N) is 6. The number of aromatic amines is 1. The molecule has 6 heterocycles. The number of imidazole rings is 1. The van der Waals surface area contributed by atoms with E-state index in [2.05, 4.69) is 135 Å². The number of nitrogens with two attached hydrogens (primary N) is 1. The lowest BCUT2D eigenvalue weighted by molar-refractivity contribution is -0.745. The van der Waals surface area contributed by atoms with E-state index in [1.807, 2.05) is 24.3 Å². The van der Waals surface area contributed by atoms with Crippen molar-refractivity contribution in [3.8, 4) is 11.5 Å². The molecule has 3 amide bonds.